The third-order valence-electron chi connectivity index (χ3n) is 3.48. The second-order valence-electron chi connectivity index (χ2n) is 4.76. The van der Waals surface area contributed by atoms with Gasteiger partial charge in [-0.1, -0.05) is 18.2 Å². The predicted octanol–water partition coefficient (Wildman–Crippen LogP) is 2.46. The average molecular weight is 242 g/mol. The Morgan fingerprint density at radius 1 is 1.17 bits per heavy atom. The van der Waals surface area contributed by atoms with Gasteiger partial charge >= 0.3 is 0 Å². The highest BCUT2D eigenvalue weighted by atomic mass is 16.5. The first kappa shape index (κ1) is 11.6. The van der Waals surface area contributed by atoms with E-state index in [1.54, 1.807) is 0 Å². The SMILES string of the molecule is c1cc(CN2CCCOCC2)c2ccncc2c1. The van der Waals surface area contributed by atoms with E-state index in [1.807, 2.05) is 12.4 Å². The van der Waals surface area contributed by atoms with E-state index in [9.17, 15) is 0 Å². The van der Waals surface area contributed by atoms with Crippen molar-refractivity contribution in [1.82, 2.24) is 9.88 Å². The molecule has 1 aliphatic rings. The number of nitrogens with zero attached hydrogens (tertiary/aromatic N) is 2. The number of hydrogen-bond donors (Lipinski definition) is 0. The van der Waals surface area contributed by atoms with Crippen LogP contribution in [-0.2, 0) is 11.3 Å². The molecule has 0 bridgehead atoms. The molecular weight excluding hydrogens is 224 g/mol. The van der Waals surface area contributed by atoms with Crippen LogP contribution in [0.1, 0.15) is 12.0 Å². The van der Waals surface area contributed by atoms with Gasteiger partial charge < -0.3 is 4.74 Å². The van der Waals surface area contributed by atoms with Crippen molar-refractivity contribution in [2.24, 2.45) is 0 Å². The fourth-order valence-corrected chi connectivity index (χ4v) is 2.52. The highest BCUT2D eigenvalue weighted by Gasteiger charge is 2.10. The number of fused-ring (bicyclic) bond motifs is 1. The Kier molecular flexibility index (Phi) is 3.53. The molecule has 0 amide bonds. The van der Waals surface area contributed by atoms with E-state index in [4.69, 9.17) is 4.74 Å². The Labute approximate surface area is 107 Å². The standard InChI is InChI=1S/C15H18N2O/c1-3-13-11-16-6-5-15(13)14(4-1)12-17-7-2-9-18-10-8-17/h1,3-6,11H,2,7-10,12H2. The highest BCUT2D eigenvalue weighted by Crippen LogP contribution is 2.19. The maximum absolute atomic E-state index is 5.50. The molecule has 94 valence electrons. The predicted molar refractivity (Wildman–Crippen MR) is 72.5 cm³/mol. The normalized spacial score (nSPS) is 17.8. The van der Waals surface area contributed by atoms with Crippen molar-refractivity contribution in [1.29, 1.82) is 0 Å². The second kappa shape index (κ2) is 5.46. The van der Waals surface area contributed by atoms with Crippen LogP contribution in [-0.4, -0.2) is 36.2 Å². The van der Waals surface area contributed by atoms with Crippen LogP contribution < -0.4 is 0 Å². The lowest BCUT2D eigenvalue weighted by molar-refractivity contribution is 0.140. The van der Waals surface area contributed by atoms with Crippen LogP contribution in [0.5, 0.6) is 0 Å². The Bertz CT molecular complexity index is 513. The van der Waals surface area contributed by atoms with E-state index in [0.717, 1.165) is 39.3 Å². The minimum absolute atomic E-state index is 0.853. The minimum atomic E-state index is 0.853. The zero-order valence-electron chi connectivity index (χ0n) is 10.5. The number of hydrogen-bond acceptors (Lipinski definition) is 3. The topological polar surface area (TPSA) is 25.4 Å². The molecule has 3 rings (SSSR count). The van der Waals surface area contributed by atoms with Crippen LogP contribution in [0.25, 0.3) is 10.8 Å². The fourth-order valence-electron chi connectivity index (χ4n) is 2.52. The molecule has 1 aromatic heterocycles. The Hall–Kier alpha value is -1.45. The number of pyridine rings is 1. The first-order chi connectivity index (χ1) is 8.93. The summed E-state index contributed by atoms with van der Waals surface area (Å²) in [5.74, 6) is 0. The highest BCUT2D eigenvalue weighted by molar-refractivity contribution is 5.84. The second-order valence-corrected chi connectivity index (χ2v) is 4.76. The van der Waals surface area contributed by atoms with Gasteiger partial charge in [0.15, 0.2) is 0 Å². The largest absolute Gasteiger partial charge is 0.380 e. The lowest BCUT2D eigenvalue weighted by Gasteiger charge is -2.20. The van der Waals surface area contributed by atoms with Gasteiger partial charge in [0, 0.05) is 44.0 Å². The first-order valence-electron chi connectivity index (χ1n) is 6.55. The maximum atomic E-state index is 5.50. The first-order valence-corrected chi connectivity index (χ1v) is 6.55. The van der Waals surface area contributed by atoms with E-state index in [1.165, 1.54) is 16.3 Å². The molecule has 1 aliphatic heterocycles. The number of ether oxygens (including phenoxy) is 1. The molecule has 18 heavy (non-hydrogen) atoms. The molecule has 3 heteroatoms. The quantitative estimate of drug-likeness (QED) is 0.809. The van der Waals surface area contributed by atoms with Crippen molar-refractivity contribution in [3.05, 3.63) is 42.2 Å². The molecule has 0 spiro atoms. The third-order valence-corrected chi connectivity index (χ3v) is 3.48. The van der Waals surface area contributed by atoms with Gasteiger partial charge in [-0.15, -0.1) is 0 Å². The molecule has 0 N–H and O–H groups in total. The van der Waals surface area contributed by atoms with Gasteiger partial charge in [0.2, 0.25) is 0 Å². The molecule has 0 aliphatic carbocycles. The smallest absolute Gasteiger partial charge is 0.0593 e. The summed E-state index contributed by atoms with van der Waals surface area (Å²) < 4.78 is 5.50. The van der Waals surface area contributed by atoms with E-state index in [-0.39, 0.29) is 0 Å². The van der Waals surface area contributed by atoms with Crippen molar-refractivity contribution in [3.8, 4) is 0 Å². The Morgan fingerprint density at radius 3 is 3.17 bits per heavy atom. The third kappa shape index (κ3) is 2.52. The van der Waals surface area contributed by atoms with Crippen LogP contribution in [0.4, 0.5) is 0 Å². The molecule has 0 radical (unpaired) electrons. The monoisotopic (exact) mass is 242 g/mol. The molecule has 2 aromatic rings. The summed E-state index contributed by atoms with van der Waals surface area (Å²) in [5, 5.41) is 2.54. The minimum Gasteiger partial charge on any atom is -0.380 e. The van der Waals surface area contributed by atoms with Crippen LogP contribution in [0.15, 0.2) is 36.7 Å². The number of rotatable bonds is 2. The van der Waals surface area contributed by atoms with Gasteiger partial charge in [-0.3, -0.25) is 9.88 Å². The van der Waals surface area contributed by atoms with Crippen molar-refractivity contribution < 1.29 is 4.74 Å². The Balaban J connectivity index is 1.85. The van der Waals surface area contributed by atoms with Gasteiger partial charge in [0.05, 0.1) is 6.61 Å². The van der Waals surface area contributed by atoms with E-state index in [0.29, 0.717) is 0 Å². The van der Waals surface area contributed by atoms with Crippen LogP contribution >= 0.6 is 0 Å². The van der Waals surface area contributed by atoms with Crippen molar-refractivity contribution >= 4 is 10.8 Å². The molecule has 1 saturated heterocycles. The van der Waals surface area contributed by atoms with E-state index < -0.39 is 0 Å². The van der Waals surface area contributed by atoms with E-state index >= 15 is 0 Å². The van der Waals surface area contributed by atoms with Gasteiger partial charge in [0.1, 0.15) is 0 Å². The number of benzene rings is 1. The van der Waals surface area contributed by atoms with Crippen molar-refractivity contribution in [2.75, 3.05) is 26.3 Å². The molecule has 1 aromatic carbocycles. The summed E-state index contributed by atoms with van der Waals surface area (Å²) in [5.41, 5.74) is 1.39. The molecular formula is C15H18N2O. The summed E-state index contributed by atoms with van der Waals surface area (Å²) in [6.07, 6.45) is 4.94. The average Bonchev–Trinajstić information content (AvgIpc) is 2.68. The van der Waals surface area contributed by atoms with Gasteiger partial charge in [-0.05, 0) is 23.4 Å². The van der Waals surface area contributed by atoms with E-state index in [2.05, 4.69) is 34.1 Å². The number of aromatic nitrogens is 1. The van der Waals surface area contributed by atoms with Crippen LogP contribution in [0.3, 0.4) is 0 Å². The lowest BCUT2D eigenvalue weighted by Crippen LogP contribution is -2.25. The van der Waals surface area contributed by atoms with Crippen LogP contribution in [0, 0.1) is 0 Å². The summed E-state index contributed by atoms with van der Waals surface area (Å²) in [6.45, 7) is 4.91. The summed E-state index contributed by atoms with van der Waals surface area (Å²) in [6, 6.07) is 8.57. The Morgan fingerprint density at radius 2 is 2.17 bits per heavy atom. The molecule has 0 unspecified atom stereocenters. The molecule has 0 atom stereocenters. The van der Waals surface area contributed by atoms with Crippen molar-refractivity contribution in [3.63, 3.8) is 0 Å². The van der Waals surface area contributed by atoms with Gasteiger partial charge in [-0.2, -0.15) is 0 Å². The fraction of sp³-hybridized carbons (Fsp3) is 0.400. The molecule has 3 nitrogen and oxygen atoms in total. The summed E-state index contributed by atoms with van der Waals surface area (Å²) in [4.78, 5) is 6.66. The van der Waals surface area contributed by atoms with Crippen LogP contribution in [0.2, 0.25) is 0 Å². The molecule has 2 heterocycles. The molecule has 0 saturated carbocycles. The van der Waals surface area contributed by atoms with Gasteiger partial charge in [0.25, 0.3) is 0 Å². The summed E-state index contributed by atoms with van der Waals surface area (Å²) in [7, 11) is 0. The zero-order chi connectivity index (χ0) is 12.2. The van der Waals surface area contributed by atoms with Gasteiger partial charge in [-0.25, -0.2) is 0 Å². The lowest BCUT2D eigenvalue weighted by atomic mass is 10.1. The maximum Gasteiger partial charge on any atom is 0.0593 e. The summed E-state index contributed by atoms with van der Waals surface area (Å²) >= 11 is 0. The zero-order valence-corrected chi connectivity index (χ0v) is 10.5. The van der Waals surface area contributed by atoms with Crippen molar-refractivity contribution in [2.45, 2.75) is 13.0 Å². The molecule has 1 fully saturated rings.